The van der Waals surface area contributed by atoms with Crippen molar-refractivity contribution in [2.45, 2.75) is 26.4 Å². The highest BCUT2D eigenvalue weighted by atomic mass is 16.6. The molecule has 0 unspecified atom stereocenters. The minimum Gasteiger partial charge on any atom is -0.492 e. The highest BCUT2D eigenvalue weighted by molar-refractivity contribution is 6.07. The Morgan fingerprint density at radius 2 is 1.88 bits per heavy atom. The summed E-state index contributed by atoms with van der Waals surface area (Å²) in [5.74, 6) is 0.765. The summed E-state index contributed by atoms with van der Waals surface area (Å²) < 4.78 is 10.9. The minimum absolute atomic E-state index is 0.375. The number of aromatic nitrogens is 1. The normalized spacial score (nSPS) is 11.5. The van der Waals surface area contributed by atoms with Gasteiger partial charge in [0.2, 0.25) is 0 Å². The van der Waals surface area contributed by atoms with E-state index in [2.05, 4.69) is 22.4 Å². The molecule has 25 heavy (non-hydrogen) atoms. The number of hydrogen-bond acceptors (Lipinski definition) is 4. The van der Waals surface area contributed by atoms with Crippen molar-refractivity contribution in [3.8, 4) is 5.75 Å². The van der Waals surface area contributed by atoms with Crippen molar-refractivity contribution < 1.29 is 14.3 Å². The number of hydrogen-bond donors (Lipinski definition) is 1. The molecule has 0 bridgehead atoms. The number of amides is 1. The van der Waals surface area contributed by atoms with Gasteiger partial charge in [-0.15, -0.1) is 0 Å². The predicted octanol–water partition coefficient (Wildman–Crippen LogP) is 4.29. The fourth-order valence-corrected chi connectivity index (χ4v) is 2.61. The summed E-state index contributed by atoms with van der Waals surface area (Å²) in [6.07, 6.45) is 3.24. The Kier molecular flexibility index (Phi) is 4.74. The van der Waals surface area contributed by atoms with Crippen LogP contribution in [0.25, 0.3) is 21.5 Å². The van der Waals surface area contributed by atoms with Crippen LogP contribution in [0.3, 0.4) is 0 Å². The molecule has 1 aromatic heterocycles. The SMILES string of the molecule is CC(C)(C)OC(=O)NCCOc1ccc2c(ccc3ccncc32)c1. The number of fused-ring (bicyclic) bond motifs is 3. The van der Waals surface area contributed by atoms with Crippen LogP contribution in [0.5, 0.6) is 5.75 Å². The van der Waals surface area contributed by atoms with E-state index < -0.39 is 11.7 Å². The number of carbonyl (C=O) groups excluding carboxylic acids is 1. The van der Waals surface area contributed by atoms with Crippen molar-refractivity contribution >= 4 is 27.6 Å². The van der Waals surface area contributed by atoms with Crippen molar-refractivity contribution in [1.29, 1.82) is 0 Å². The zero-order valence-corrected chi connectivity index (χ0v) is 14.7. The zero-order chi connectivity index (χ0) is 17.9. The molecule has 3 rings (SSSR count). The number of pyridine rings is 1. The molecule has 0 radical (unpaired) electrons. The topological polar surface area (TPSA) is 60.5 Å². The van der Waals surface area contributed by atoms with Gasteiger partial charge in [0.25, 0.3) is 0 Å². The quantitative estimate of drug-likeness (QED) is 0.569. The molecule has 0 fully saturated rings. The Labute approximate surface area is 147 Å². The van der Waals surface area contributed by atoms with E-state index in [-0.39, 0.29) is 0 Å². The van der Waals surface area contributed by atoms with Crippen LogP contribution in [-0.4, -0.2) is 29.8 Å². The van der Waals surface area contributed by atoms with Gasteiger partial charge >= 0.3 is 6.09 Å². The van der Waals surface area contributed by atoms with Crippen molar-refractivity contribution in [2.24, 2.45) is 0 Å². The lowest BCUT2D eigenvalue weighted by atomic mass is 10.0. The van der Waals surface area contributed by atoms with Gasteiger partial charge in [-0.1, -0.05) is 18.2 Å². The molecule has 1 N–H and O–H groups in total. The van der Waals surface area contributed by atoms with E-state index in [1.54, 1.807) is 6.20 Å². The lowest BCUT2D eigenvalue weighted by molar-refractivity contribution is 0.0520. The number of nitrogens with zero attached hydrogens (tertiary/aromatic N) is 1. The third-order valence-corrected chi connectivity index (χ3v) is 3.65. The Bertz CT molecular complexity index is 900. The first-order chi connectivity index (χ1) is 11.9. The van der Waals surface area contributed by atoms with Gasteiger partial charge in [-0.2, -0.15) is 0 Å². The second-order valence-corrected chi connectivity index (χ2v) is 6.82. The summed E-state index contributed by atoms with van der Waals surface area (Å²) in [6.45, 7) is 6.25. The number of alkyl carbamates (subject to hydrolysis) is 1. The van der Waals surface area contributed by atoms with Crippen molar-refractivity contribution in [2.75, 3.05) is 13.2 Å². The van der Waals surface area contributed by atoms with E-state index in [0.29, 0.717) is 13.2 Å². The van der Waals surface area contributed by atoms with E-state index >= 15 is 0 Å². The van der Waals surface area contributed by atoms with Gasteiger partial charge in [0.15, 0.2) is 0 Å². The largest absolute Gasteiger partial charge is 0.492 e. The lowest BCUT2D eigenvalue weighted by Crippen LogP contribution is -2.34. The fraction of sp³-hybridized carbons (Fsp3) is 0.300. The van der Waals surface area contributed by atoms with Crippen molar-refractivity contribution in [1.82, 2.24) is 10.3 Å². The molecule has 5 heteroatoms. The van der Waals surface area contributed by atoms with Crippen molar-refractivity contribution in [3.05, 3.63) is 48.8 Å². The van der Waals surface area contributed by atoms with Gasteiger partial charge in [-0.05, 0) is 55.1 Å². The molecule has 130 valence electrons. The molecule has 0 aliphatic carbocycles. The van der Waals surface area contributed by atoms with Crippen molar-refractivity contribution in [3.63, 3.8) is 0 Å². The highest BCUT2D eigenvalue weighted by Crippen LogP contribution is 2.27. The van der Waals surface area contributed by atoms with Gasteiger partial charge in [0, 0.05) is 17.8 Å². The molecule has 2 aromatic carbocycles. The number of nitrogens with one attached hydrogen (secondary N) is 1. The van der Waals surface area contributed by atoms with E-state index in [1.807, 2.05) is 51.2 Å². The third kappa shape index (κ3) is 4.38. The zero-order valence-electron chi connectivity index (χ0n) is 14.7. The minimum atomic E-state index is -0.499. The maximum atomic E-state index is 11.6. The summed E-state index contributed by atoms with van der Waals surface area (Å²) in [6, 6.07) is 12.1. The molecule has 5 nitrogen and oxygen atoms in total. The summed E-state index contributed by atoms with van der Waals surface area (Å²) >= 11 is 0. The third-order valence-electron chi connectivity index (χ3n) is 3.65. The smallest absolute Gasteiger partial charge is 0.407 e. The Balaban J connectivity index is 1.61. The van der Waals surface area contributed by atoms with Crippen LogP contribution in [0.4, 0.5) is 4.79 Å². The Morgan fingerprint density at radius 3 is 2.68 bits per heavy atom. The summed E-state index contributed by atoms with van der Waals surface area (Å²) in [4.78, 5) is 15.8. The number of ether oxygens (including phenoxy) is 2. The van der Waals surface area contributed by atoms with E-state index in [4.69, 9.17) is 9.47 Å². The predicted molar refractivity (Wildman–Crippen MR) is 99.0 cm³/mol. The van der Waals surface area contributed by atoms with E-state index in [0.717, 1.165) is 27.3 Å². The highest BCUT2D eigenvalue weighted by Gasteiger charge is 2.15. The van der Waals surface area contributed by atoms with Crippen LogP contribution in [0, 0.1) is 0 Å². The average Bonchev–Trinajstić information content (AvgIpc) is 2.57. The van der Waals surface area contributed by atoms with Crippen LogP contribution in [0.15, 0.2) is 48.8 Å². The number of rotatable bonds is 4. The molecule has 0 spiro atoms. The van der Waals surface area contributed by atoms with Crippen LogP contribution in [-0.2, 0) is 4.74 Å². The van der Waals surface area contributed by atoms with Crippen LogP contribution in [0.2, 0.25) is 0 Å². The van der Waals surface area contributed by atoms with Gasteiger partial charge in [-0.25, -0.2) is 4.79 Å². The van der Waals surface area contributed by atoms with Crippen LogP contribution < -0.4 is 10.1 Å². The Morgan fingerprint density at radius 1 is 1.08 bits per heavy atom. The molecular weight excluding hydrogens is 316 g/mol. The monoisotopic (exact) mass is 338 g/mol. The molecule has 0 aliphatic heterocycles. The molecule has 0 aliphatic rings. The molecule has 1 heterocycles. The van der Waals surface area contributed by atoms with Gasteiger partial charge in [0.05, 0.1) is 6.54 Å². The molecule has 0 saturated carbocycles. The van der Waals surface area contributed by atoms with Gasteiger partial charge in [-0.3, -0.25) is 4.98 Å². The standard InChI is InChI=1S/C20H22N2O3/c1-20(2,3)25-19(23)22-10-11-24-16-6-7-17-15(12-16)5-4-14-8-9-21-13-18(14)17/h4-9,12-13H,10-11H2,1-3H3,(H,22,23). The van der Waals surface area contributed by atoms with Gasteiger partial charge < -0.3 is 14.8 Å². The molecule has 0 atom stereocenters. The van der Waals surface area contributed by atoms with Crippen LogP contribution >= 0.6 is 0 Å². The second-order valence-electron chi connectivity index (χ2n) is 6.82. The molecule has 3 aromatic rings. The number of benzene rings is 2. The second kappa shape index (κ2) is 6.97. The summed E-state index contributed by atoms with van der Waals surface area (Å²) in [5, 5.41) is 7.20. The first kappa shape index (κ1) is 17.0. The fourth-order valence-electron chi connectivity index (χ4n) is 2.61. The molecule has 1 amide bonds. The average molecular weight is 338 g/mol. The lowest BCUT2D eigenvalue weighted by Gasteiger charge is -2.19. The summed E-state index contributed by atoms with van der Waals surface area (Å²) in [7, 11) is 0. The maximum absolute atomic E-state index is 11.6. The van der Waals surface area contributed by atoms with Gasteiger partial charge in [0.1, 0.15) is 18.0 Å². The Hall–Kier alpha value is -2.82. The first-order valence-electron chi connectivity index (χ1n) is 8.28. The summed E-state index contributed by atoms with van der Waals surface area (Å²) in [5.41, 5.74) is -0.499. The number of carbonyl (C=O) groups is 1. The maximum Gasteiger partial charge on any atom is 0.407 e. The molecule has 0 saturated heterocycles. The molecular formula is C20H22N2O3. The first-order valence-corrected chi connectivity index (χ1v) is 8.28. The van der Waals surface area contributed by atoms with E-state index in [9.17, 15) is 4.79 Å². The van der Waals surface area contributed by atoms with E-state index in [1.165, 1.54) is 0 Å². The van der Waals surface area contributed by atoms with Crippen LogP contribution in [0.1, 0.15) is 20.8 Å².